The van der Waals surface area contributed by atoms with Crippen molar-refractivity contribution in [1.82, 2.24) is 0 Å². The number of halogens is 3. The third-order valence-corrected chi connectivity index (χ3v) is 2.46. The lowest BCUT2D eigenvalue weighted by Gasteiger charge is -2.13. The smallest absolute Gasteiger partial charge is 0.380 e. The Bertz CT molecular complexity index is 348. The van der Waals surface area contributed by atoms with Gasteiger partial charge in [-0.3, -0.25) is 0 Å². The fourth-order valence-electron chi connectivity index (χ4n) is 1.57. The minimum atomic E-state index is -4.29. The second-order valence-corrected chi connectivity index (χ2v) is 4.23. The molecule has 102 valence electrons. The number of alkyl halides is 3. The van der Waals surface area contributed by atoms with Gasteiger partial charge >= 0.3 is 6.18 Å². The van der Waals surface area contributed by atoms with Crippen LogP contribution in [0.4, 0.5) is 13.2 Å². The van der Waals surface area contributed by atoms with Gasteiger partial charge < -0.3 is 10.5 Å². The maximum Gasteiger partial charge on any atom is 0.416 e. The van der Waals surface area contributed by atoms with E-state index in [1.165, 1.54) is 12.1 Å². The molecule has 0 saturated heterocycles. The van der Waals surface area contributed by atoms with Crippen LogP contribution in [0, 0.1) is 0 Å². The fraction of sp³-hybridized carbons (Fsp3) is 0.538. The molecule has 0 aliphatic heterocycles. The first-order valence-corrected chi connectivity index (χ1v) is 5.93. The molecule has 18 heavy (non-hydrogen) atoms. The van der Waals surface area contributed by atoms with E-state index in [1.807, 2.05) is 6.92 Å². The van der Waals surface area contributed by atoms with Gasteiger partial charge in [0.25, 0.3) is 0 Å². The van der Waals surface area contributed by atoms with Gasteiger partial charge in [0.05, 0.1) is 12.2 Å². The summed E-state index contributed by atoms with van der Waals surface area (Å²) in [6.45, 7) is 3.08. The zero-order valence-electron chi connectivity index (χ0n) is 10.3. The van der Waals surface area contributed by atoms with Crippen LogP contribution in [0.5, 0.6) is 0 Å². The molecule has 0 spiro atoms. The molecule has 0 saturated carbocycles. The summed E-state index contributed by atoms with van der Waals surface area (Å²) in [5, 5.41) is 0. The average Bonchev–Trinajstić information content (AvgIpc) is 2.29. The number of benzene rings is 1. The summed E-state index contributed by atoms with van der Waals surface area (Å²) in [5.41, 5.74) is 5.97. The van der Waals surface area contributed by atoms with Gasteiger partial charge in [-0.05, 0) is 30.5 Å². The molecule has 0 bridgehead atoms. The Kier molecular flexibility index (Phi) is 5.62. The first-order valence-electron chi connectivity index (χ1n) is 5.93. The highest BCUT2D eigenvalue weighted by molar-refractivity contribution is 5.25. The van der Waals surface area contributed by atoms with Crippen LogP contribution in [-0.4, -0.2) is 19.3 Å². The van der Waals surface area contributed by atoms with E-state index in [0.717, 1.165) is 24.1 Å². The highest BCUT2D eigenvalue weighted by Crippen LogP contribution is 2.29. The van der Waals surface area contributed by atoms with Crippen molar-refractivity contribution in [3.05, 3.63) is 35.4 Å². The van der Waals surface area contributed by atoms with Gasteiger partial charge in [-0.25, -0.2) is 0 Å². The molecule has 1 aromatic rings. The highest BCUT2D eigenvalue weighted by atomic mass is 19.4. The van der Waals surface area contributed by atoms with Crippen LogP contribution in [0.25, 0.3) is 0 Å². The highest BCUT2D eigenvalue weighted by Gasteiger charge is 2.29. The van der Waals surface area contributed by atoms with Gasteiger partial charge in [-0.15, -0.1) is 0 Å². The number of rotatable bonds is 6. The third kappa shape index (κ3) is 5.06. The number of ether oxygens (including phenoxy) is 1. The zero-order valence-corrected chi connectivity index (χ0v) is 10.3. The Morgan fingerprint density at radius 2 is 1.83 bits per heavy atom. The molecule has 2 N–H and O–H groups in total. The predicted molar refractivity (Wildman–Crippen MR) is 64.2 cm³/mol. The minimum absolute atomic E-state index is 0.187. The lowest BCUT2D eigenvalue weighted by atomic mass is 10.0. The second-order valence-electron chi connectivity index (χ2n) is 4.23. The maximum atomic E-state index is 12.3. The van der Waals surface area contributed by atoms with Crippen LogP contribution in [0.2, 0.25) is 0 Å². The Morgan fingerprint density at radius 1 is 1.22 bits per heavy atom. The van der Waals surface area contributed by atoms with Crippen LogP contribution < -0.4 is 5.73 Å². The van der Waals surface area contributed by atoms with Crippen molar-refractivity contribution >= 4 is 0 Å². The maximum absolute atomic E-state index is 12.3. The monoisotopic (exact) mass is 261 g/mol. The van der Waals surface area contributed by atoms with Crippen LogP contribution >= 0.6 is 0 Å². The summed E-state index contributed by atoms with van der Waals surface area (Å²) in [6, 6.07) is 4.89. The first kappa shape index (κ1) is 15.0. The van der Waals surface area contributed by atoms with E-state index in [4.69, 9.17) is 10.5 Å². The quantitative estimate of drug-likeness (QED) is 0.799. The molecule has 1 rings (SSSR count). The summed E-state index contributed by atoms with van der Waals surface area (Å²) < 4.78 is 42.3. The van der Waals surface area contributed by atoms with Crippen molar-refractivity contribution in [2.45, 2.75) is 32.0 Å². The fourth-order valence-corrected chi connectivity index (χ4v) is 1.57. The summed E-state index contributed by atoms with van der Waals surface area (Å²) in [4.78, 5) is 0. The van der Waals surface area contributed by atoms with Crippen LogP contribution in [0.3, 0.4) is 0 Å². The number of hydrogen-bond donors (Lipinski definition) is 1. The van der Waals surface area contributed by atoms with E-state index in [2.05, 4.69) is 0 Å². The van der Waals surface area contributed by atoms with Gasteiger partial charge in [0.2, 0.25) is 0 Å². The van der Waals surface area contributed by atoms with E-state index >= 15 is 0 Å². The third-order valence-electron chi connectivity index (χ3n) is 2.46. The molecule has 0 aromatic heterocycles. The van der Waals surface area contributed by atoms with Crippen LogP contribution in [-0.2, 0) is 17.3 Å². The normalized spacial score (nSPS) is 13.6. The molecule has 2 nitrogen and oxygen atoms in total. The molecule has 1 unspecified atom stereocenters. The lowest BCUT2D eigenvalue weighted by molar-refractivity contribution is -0.137. The van der Waals surface area contributed by atoms with Crippen LogP contribution in [0.15, 0.2) is 24.3 Å². The average molecular weight is 261 g/mol. The zero-order chi connectivity index (χ0) is 13.6. The van der Waals surface area contributed by atoms with Crippen molar-refractivity contribution < 1.29 is 17.9 Å². The molecule has 0 heterocycles. The molecule has 0 aliphatic carbocycles. The molecule has 5 heteroatoms. The molecule has 0 aliphatic rings. The van der Waals surface area contributed by atoms with E-state index in [1.54, 1.807) is 0 Å². The first-order chi connectivity index (χ1) is 8.43. The Morgan fingerprint density at radius 3 is 2.33 bits per heavy atom. The predicted octanol–water partition coefficient (Wildman–Crippen LogP) is 3.00. The summed E-state index contributed by atoms with van der Waals surface area (Å²) >= 11 is 0. The van der Waals surface area contributed by atoms with Gasteiger partial charge in [0.1, 0.15) is 0 Å². The van der Waals surface area contributed by atoms with E-state index in [9.17, 15) is 13.2 Å². The summed E-state index contributed by atoms with van der Waals surface area (Å²) in [5.74, 6) is 0. The topological polar surface area (TPSA) is 35.2 Å². The SMILES string of the molecule is CCCOCC(N)Cc1ccc(C(F)(F)F)cc1. The van der Waals surface area contributed by atoms with Gasteiger partial charge in [0, 0.05) is 12.6 Å². The summed E-state index contributed by atoms with van der Waals surface area (Å²) in [7, 11) is 0. The van der Waals surface area contributed by atoms with Crippen molar-refractivity contribution in [1.29, 1.82) is 0 Å². The molecule has 0 amide bonds. The Balaban J connectivity index is 2.48. The summed E-state index contributed by atoms with van der Waals surface area (Å²) in [6.07, 6.45) is -2.85. The molecular formula is C13H18F3NO. The van der Waals surface area contributed by atoms with E-state index < -0.39 is 11.7 Å². The van der Waals surface area contributed by atoms with E-state index in [0.29, 0.717) is 19.6 Å². The van der Waals surface area contributed by atoms with E-state index in [-0.39, 0.29) is 6.04 Å². The van der Waals surface area contributed by atoms with Crippen molar-refractivity contribution in [2.75, 3.05) is 13.2 Å². The van der Waals surface area contributed by atoms with Crippen molar-refractivity contribution in [3.8, 4) is 0 Å². The molecule has 0 fully saturated rings. The number of hydrogen-bond acceptors (Lipinski definition) is 2. The van der Waals surface area contributed by atoms with Crippen molar-refractivity contribution in [2.24, 2.45) is 5.73 Å². The number of nitrogens with two attached hydrogens (primary N) is 1. The molecule has 1 aromatic carbocycles. The second kappa shape index (κ2) is 6.75. The lowest BCUT2D eigenvalue weighted by Crippen LogP contribution is -2.28. The standard InChI is InChI=1S/C13H18F3NO/c1-2-7-18-9-12(17)8-10-3-5-11(6-4-10)13(14,15)16/h3-6,12H,2,7-9,17H2,1H3. The van der Waals surface area contributed by atoms with Crippen LogP contribution in [0.1, 0.15) is 24.5 Å². The largest absolute Gasteiger partial charge is 0.416 e. The molecule has 0 radical (unpaired) electrons. The Hall–Kier alpha value is -1.07. The van der Waals surface area contributed by atoms with Gasteiger partial charge in [0.15, 0.2) is 0 Å². The molecular weight excluding hydrogens is 243 g/mol. The minimum Gasteiger partial charge on any atom is -0.380 e. The van der Waals surface area contributed by atoms with Crippen molar-refractivity contribution in [3.63, 3.8) is 0 Å². The van der Waals surface area contributed by atoms with Gasteiger partial charge in [-0.1, -0.05) is 19.1 Å². The Labute approximate surface area is 105 Å². The molecule has 1 atom stereocenters. The van der Waals surface area contributed by atoms with Gasteiger partial charge in [-0.2, -0.15) is 13.2 Å².